The highest BCUT2D eigenvalue weighted by molar-refractivity contribution is 5.79. The zero-order valence-electron chi connectivity index (χ0n) is 14.1. The van der Waals surface area contributed by atoms with Crippen molar-refractivity contribution in [3.63, 3.8) is 0 Å². The summed E-state index contributed by atoms with van der Waals surface area (Å²) in [5.41, 5.74) is 1.14. The highest BCUT2D eigenvalue weighted by atomic mass is 16.6. The normalized spacial score (nSPS) is 20.0. The molecule has 1 amide bonds. The van der Waals surface area contributed by atoms with Gasteiger partial charge in [0.15, 0.2) is 0 Å². The molecule has 7 heteroatoms. The number of amides is 1. The van der Waals surface area contributed by atoms with Gasteiger partial charge >= 0.3 is 5.97 Å². The first-order valence-corrected chi connectivity index (χ1v) is 8.71. The molecule has 2 rings (SSSR count). The molecule has 2 N–H and O–H groups in total. The van der Waals surface area contributed by atoms with Gasteiger partial charge in [0.1, 0.15) is 0 Å². The fourth-order valence-electron chi connectivity index (χ4n) is 3.20. The van der Waals surface area contributed by atoms with Crippen LogP contribution in [0.25, 0.3) is 0 Å². The first-order chi connectivity index (χ1) is 12.0. The minimum absolute atomic E-state index is 0.0270. The van der Waals surface area contributed by atoms with Gasteiger partial charge in [0.05, 0.1) is 10.8 Å². The molecule has 0 spiro atoms. The standard InChI is InChI=1S/C18H24N2O5/c21-17(14-6-8-15(9-7-14)18(22)23)19-12-2-1-3-13-4-10-16(11-5-13)20(24)25/h4-5,10-11,14-15H,1-3,6-9,12H2,(H,19,21)(H,22,23). The number of aryl methyl sites for hydroxylation is 1. The number of nitrogens with zero attached hydrogens (tertiary/aromatic N) is 1. The minimum Gasteiger partial charge on any atom is -0.481 e. The summed E-state index contributed by atoms with van der Waals surface area (Å²) < 4.78 is 0. The number of hydrogen-bond donors (Lipinski definition) is 2. The molecule has 25 heavy (non-hydrogen) atoms. The van der Waals surface area contributed by atoms with E-state index < -0.39 is 10.9 Å². The number of non-ortho nitro benzene ring substituents is 1. The Kier molecular flexibility index (Phi) is 6.91. The van der Waals surface area contributed by atoms with E-state index in [-0.39, 0.29) is 23.4 Å². The van der Waals surface area contributed by atoms with Crippen LogP contribution in [-0.4, -0.2) is 28.5 Å². The minimum atomic E-state index is -0.759. The average molecular weight is 348 g/mol. The van der Waals surface area contributed by atoms with E-state index in [9.17, 15) is 19.7 Å². The predicted molar refractivity (Wildman–Crippen MR) is 92.1 cm³/mol. The maximum Gasteiger partial charge on any atom is 0.306 e. The summed E-state index contributed by atoms with van der Waals surface area (Å²) in [5.74, 6) is -1.10. The average Bonchev–Trinajstić information content (AvgIpc) is 2.61. The molecule has 1 aliphatic rings. The van der Waals surface area contributed by atoms with Crippen molar-refractivity contribution in [3.8, 4) is 0 Å². The van der Waals surface area contributed by atoms with E-state index in [1.54, 1.807) is 12.1 Å². The number of nitro benzene ring substituents is 1. The fourth-order valence-corrected chi connectivity index (χ4v) is 3.20. The van der Waals surface area contributed by atoms with E-state index in [1.807, 2.05) is 0 Å². The number of unbranched alkanes of at least 4 members (excludes halogenated alkanes) is 1. The lowest BCUT2D eigenvalue weighted by molar-refractivity contribution is -0.384. The number of aliphatic carboxylic acids is 1. The number of nitro groups is 1. The Morgan fingerprint density at radius 2 is 1.68 bits per heavy atom. The van der Waals surface area contributed by atoms with Crippen molar-refractivity contribution in [3.05, 3.63) is 39.9 Å². The number of carbonyl (C=O) groups is 2. The van der Waals surface area contributed by atoms with Gasteiger partial charge in [-0.3, -0.25) is 19.7 Å². The van der Waals surface area contributed by atoms with Crippen molar-refractivity contribution in [1.82, 2.24) is 5.32 Å². The van der Waals surface area contributed by atoms with Gasteiger partial charge < -0.3 is 10.4 Å². The molecular weight excluding hydrogens is 324 g/mol. The quantitative estimate of drug-likeness (QED) is 0.426. The van der Waals surface area contributed by atoms with Crippen LogP contribution in [-0.2, 0) is 16.0 Å². The third kappa shape index (κ3) is 5.85. The molecule has 1 saturated carbocycles. The summed E-state index contributed by atoms with van der Waals surface area (Å²) in [5, 5.41) is 22.5. The van der Waals surface area contributed by atoms with Gasteiger partial charge in [0.2, 0.25) is 5.91 Å². The molecular formula is C18H24N2O5. The van der Waals surface area contributed by atoms with E-state index >= 15 is 0 Å². The second-order valence-corrected chi connectivity index (χ2v) is 6.56. The van der Waals surface area contributed by atoms with Crippen molar-refractivity contribution in [2.24, 2.45) is 11.8 Å². The lowest BCUT2D eigenvalue weighted by atomic mass is 9.81. The molecule has 136 valence electrons. The summed E-state index contributed by atoms with van der Waals surface area (Å²) in [6.07, 6.45) is 4.99. The molecule has 1 fully saturated rings. The molecule has 0 aromatic heterocycles. The van der Waals surface area contributed by atoms with Gasteiger partial charge in [-0.2, -0.15) is 0 Å². The topological polar surface area (TPSA) is 110 Å². The van der Waals surface area contributed by atoms with Gasteiger partial charge in [0.25, 0.3) is 5.69 Å². The Morgan fingerprint density at radius 3 is 2.24 bits per heavy atom. The van der Waals surface area contributed by atoms with E-state index in [0.29, 0.717) is 32.2 Å². The van der Waals surface area contributed by atoms with E-state index in [2.05, 4.69) is 5.32 Å². The van der Waals surface area contributed by atoms with Crippen LogP contribution in [0.4, 0.5) is 5.69 Å². The maximum absolute atomic E-state index is 12.1. The summed E-state index contributed by atoms with van der Waals surface area (Å²) in [4.78, 5) is 33.2. The number of carboxylic acids is 1. The van der Waals surface area contributed by atoms with Gasteiger partial charge in [0, 0.05) is 24.6 Å². The Labute approximate surface area is 146 Å². The van der Waals surface area contributed by atoms with Crippen molar-refractivity contribution >= 4 is 17.6 Å². The van der Waals surface area contributed by atoms with Crippen molar-refractivity contribution in [2.75, 3.05) is 6.54 Å². The lowest BCUT2D eigenvalue weighted by Crippen LogP contribution is -2.34. The van der Waals surface area contributed by atoms with Crippen molar-refractivity contribution < 1.29 is 19.6 Å². The summed E-state index contributed by atoms with van der Waals surface area (Å²) in [6, 6.07) is 6.53. The number of benzene rings is 1. The molecule has 7 nitrogen and oxygen atoms in total. The third-order valence-electron chi connectivity index (χ3n) is 4.79. The molecule has 0 bridgehead atoms. The van der Waals surface area contributed by atoms with Crippen LogP contribution in [0.2, 0.25) is 0 Å². The molecule has 1 aromatic carbocycles. The number of nitrogens with one attached hydrogen (secondary N) is 1. The molecule has 1 aliphatic carbocycles. The van der Waals surface area contributed by atoms with Gasteiger partial charge in [-0.1, -0.05) is 12.1 Å². The van der Waals surface area contributed by atoms with Crippen LogP contribution in [0.3, 0.4) is 0 Å². The number of rotatable bonds is 8. The monoisotopic (exact) mass is 348 g/mol. The second-order valence-electron chi connectivity index (χ2n) is 6.56. The lowest BCUT2D eigenvalue weighted by Gasteiger charge is -2.25. The molecule has 0 heterocycles. The zero-order chi connectivity index (χ0) is 18.2. The van der Waals surface area contributed by atoms with E-state index in [4.69, 9.17) is 5.11 Å². The van der Waals surface area contributed by atoms with Crippen LogP contribution >= 0.6 is 0 Å². The van der Waals surface area contributed by atoms with Crippen LogP contribution in [0.5, 0.6) is 0 Å². The molecule has 0 unspecified atom stereocenters. The first-order valence-electron chi connectivity index (χ1n) is 8.71. The Bertz CT molecular complexity index is 606. The second kappa shape index (κ2) is 9.15. The smallest absolute Gasteiger partial charge is 0.306 e. The van der Waals surface area contributed by atoms with Crippen LogP contribution in [0.15, 0.2) is 24.3 Å². The van der Waals surface area contributed by atoms with E-state index in [0.717, 1.165) is 24.8 Å². The van der Waals surface area contributed by atoms with Crippen LogP contribution in [0, 0.1) is 22.0 Å². The number of carbonyl (C=O) groups excluding carboxylic acids is 1. The molecule has 1 aromatic rings. The SMILES string of the molecule is O=C(O)C1CCC(C(=O)NCCCCc2ccc([N+](=O)[O-])cc2)CC1. The molecule has 0 atom stereocenters. The molecule has 0 aliphatic heterocycles. The summed E-state index contributed by atoms with van der Waals surface area (Å²) in [7, 11) is 0. The Balaban J connectivity index is 1.60. The predicted octanol–water partition coefficient (Wildman–Crippen LogP) is 2.92. The zero-order valence-corrected chi connectivity index (χ0v) is 14.1. The largest absolute Gasteiger partial charge is 0.481 e. The van der Waals surface area contributed by atoms with Gasteiger partial charge in [-0.05, 0) is 50.5 Å². The van der Waals surface area contributed by atoms with Gasteiger partial charge in [-0.25, -0.2) is 0 Å². The molecule has 0 radical (unpaired) electrons. The highest BCUT2D eigenvalue weighted by Gasteiger charge is 2.29. The fraction of sp³-hybridized carbons (Fsp3) is 0.556. The Morgan fingerprint density at radius 1 is 1.08 bits per heavy atom. The number of hydrogen-bond acceptors (Lipinski definition) is 4. The summed E-state index contributed by atoms with van der Waals surface area (Å²) in [6.45, 7) is 0.602. The van der Waals surface area contributed by atoms with Crippen molar-refractivity contribution in [2.45, 2.75) is 44.9 Å². The van der Waals surface area contributed by atoms with Gasteiger partial charge in [-0.15, -0.1) is 0 Å². The van der Waals surface area contributed by atoms with Crippen LogP contribution in [0.1, 0.15) is 44.1 Å². The third-order valence-corrected chi connectivity index (χ3v) is 4.79. The molecule has 0 saturated heterocycles. The van der Waals surface area contributed by atoms with E-state index in [1.165, 1.54) is 12.1 Å². The Hall–Kier alpha value is -2.44. The first kappa shape index (κ1) is 18.9. The highest BCUT2D eigenvalue weighted by Crippen LogP contribution is 2.29. The maximum atomic E-state index is 12.1. The summed E-state index contributed by atoms with van der Waals surface area (Å²) >= 11 is 0. The van der Waals surface area contributed by atoms with Crippen LogP contribution < -0.4 is 5.32 Å². The number of carboxylic acid groups (broad SMARTS) is 1. The van der Waals surface area contributed by atoms with Crippen molar-refractivity contribution in [1.29, 1.82) is 0 Å².